The van der Waals surface area contributed by atoms with E-state index in [1.807, 2.05) is 30.3 Å². The maximum absolute atomic E-state index is 10.8. The molecule has 9 heteroatoms. The van der Waals surface area contributed by atoms with Crippen LogP contribution in [0.4, 0.5) is 4.79 Å². The average molecular weight is 363 g/mol. The van der Waals surface area contributed by atoms with Gasteiger partial charge in [0.15, 0.2) is 12.6 Å². The summed E-state index contributed by atoms with van der Waals surface area (Å²) < 4.78 is 5.62. The van der Waals surface area contributed by atoms with Gasteiger partial charge >= 0.3 is 6.09 Å². The van der Waals surface area contributed by atoms with Crippen molar-refractivity contribution in [2.75, 3.05) is 13.2 Å². The van der Waals surface area contributed by atoms with Crippen LogP contribution in [-0.2, 0) is 11.5 Å². The molecular weight excluding hydrogens is 338 g/mol. The second-order valence-electron chi connectivity index (χ2n) is 7.02. The minimum absolute atomic E-state index is 0.182. The van der Waals surface area contributed by atoms with Crippen LogP contribution in [0.1, 0.15) is 17.3 Å². The number of tetrazole rings is 1. The molecule has 0 spiro atoms. The highest BCUT2D eigenvalue weighted by Crippen LogP contribution is 2.20. The molecule has 2 rings (SSSR count). The minimum atomic E-state index is -1.13. The van der Waals surface area contributed by atoms with Crippen molar-refractivity contribution in [3.63, 3.8) is 0 Å². The van der Waals surface area contributed by atoms with Crippen LogP contribution in [-0.4, -0.2) is 52.6 Å². The summed E-state index contributed by atoms with van der Waals surface area (Å²) in [6.45, 7) is 7.98. The van der Waals surface area contributed by atoms with Gasteiger partial charge in [-0.15, -0.1) is 15.0 Å². The van der Waals surface area contributed by atoms with E-state index >= 15 is 0 Å². The molecule has 8 nitrogen and oxygen atoms in total. The zero-order valence-corrected chi connectivity index (χ0v) is 15.8. The topological polar surface area (TPSA) is 102 Å². The normalized spacial score (nSPS) is 12.8. The molecule has 136 valence electrons. The van der Waals surface area contributed by atoms with Crippen LogP contribution >= 0.6 is 0 Å². The Morgan fingerprint density at radius 2 is 2.04 bits per heavy atom. The van der Waals surface area contributed by atoms with E-state index in [0.717, 1.165) is 11.6 Å². The van der Waals surface area contributed by atoms with Crippen molar-refractivity contribution in [2.24, 2.45) is 0 Å². The molecule has 0 aliphatic carbocycles. The molecule has 1 unspecified atom stereocenters. The summed E-state index contributed by atoms with van der Waals surface area (Å²) in [5, 5.41) is 23.7. The Morgan fingerprint density at radius 3 is 2.68 bits per heavy atom. The molecule has 0 radical (unpaired) electrons. The summed E-state index contributed by atoms with van der Waals surface area (Å²) in [4.78, 5) is 12.2. The van der Waals surface area contributed by atoms with Gasteiger partial charge < -0.3 is 15.2 Å². The van der Waals surface area contributed by atoms with E-state index in [0.29, 0.717) is 12.4 Å². The molecule has 2 N–H and O–H groups in total. The first kappa shape index (κ1) is 19.1. The number of amides is 1. The number of benzene rings is 1. The molecule has 0 saturated heterocycles. The van der Waals surface area contributed by atoms with Gasteiger partial charge in [0.25, 0.3) is 0 Å². The molecule has 0 saturated carbocycles. The number of hydrogen-bond acceptors (Lipinski definition) is 5. The molecular formula is C16H25N5O3Si. The standard InChI is InChI=1S/C16H25N5O3Si/c1-25(2,3)10-9-24-12-21-19-15(18-20-21)14(11-17-16(22)23)13-7-5-4-6-8-13/h4-8,14,17H,9-12H2,1-3H3,(H,22,23). The predicted octanol–water partition coefficient (Wildman–Crippen LogP) is 2.38. The lowest BCUT2D eigenvalue weighted by Crippen LogP contribution is -2.27. The van der Waals surface area contributed by atoms with Crippen LogP contribution in [0.3, 0.4) is 0 Å². The third kappa shape index (κ3) is 6.63. The van der Waals surface area contributed by atoms with E-state index in [9.17, 15) is 4.79 Å². The molecule has 1 aromatic heterocycles. The van der Waals surface area contributed by atoms with Gasteiger partial charge in [-0.3, -0.25) is 0 Å². The lowest BCUT2D eigenvalue weighted by atomic mass is 9.98. The van der Waals surface area contributed by atoms with Crippen molar-refractivity contribution in [3.05, 3.63) is 41.7 Å². The summed E-state index contributed by atoms with van der Waals surface area (Å²) >= 11 is 0. The smallest absolute Gasteiger partial charge is 0.404 e. The fourth-order valence-corrected chi connectivity index (χ4v) is 2.96. The van der Waals surface area contributed by atoms with Gasteiger partial charge in [-0.2, -0.15) is 0 Å². The number of carbonyl (C=O) groups is 1. The molecule has 1 aromatic carbocycles. The van der Waals surface area contributed by atoms with E-state index < -0.39 is 14.2 Å². The number of hydrogen-bond donors (Lipinski definition) is 2. The Bertz CT molecular complexity index is 672. The van der Waals surface area contributed by atoms with Crippen LogP contribution in [0.2, 0.25) is 25.7 Å². The Hall–Kier alpha value is -2.26. The van der Waals surface area contributed by atoms with Gasteiger partial charge in [-0.1, -0.05) is 50.0 Å². The van der Waals surface area contributed by atoms with E-state index in [4.69, 9.17) is 9.84 Å². The quantitative estimate of drug-likeness (QED) is 0.524. The Balaban J connectivity index is 2.01. The maximum atomic E-state index is 10.8. The molecule has 1 heterocycles. The van der Waals surface area contributed by atoms with E-state index in [1.54, 1.807) is 0 Å². The van der Waals surface area contributed by atoms with Crippen LogP contribution in [0.5, 0.6) is 0 Å². The third-order valence-electron chi connectivity index (χ3n) is 3.64. The van der Waals surface area contributed by atoms with Crippen LogP contribution in [0.25, 0.3) is 0 Å². The first-order chi connectivity index (χ1) is 11.8. The number of aromatic nitrogens is 4. The predicted molar refractivity (Wildman–Crippen MR) is 96.2 cm³/mol. The van der Waals surface area contributed by atoms with Crippen molar-refractivity contribution in [1.29, 1.82) is 0 Å². The van der Waals surface area contributed by atoms with Gasteiger partial charge in [-0.25, -0.2) is 4.79 Å². The van der Waals surface area contributed by atoms with E-state index in [-0.39, 0.29) is 19.2 Å². The van der Waals surface area contributed by atoms with Gasteiger partial charge in [0.05, 0.1) is 5.92 Å². The fourth-order valence-electron chi connectivity index (χ4n) is 2.21. The van der Waals surface area contributed by atoms with Gasteiger partial charge in [-0.05, 0) is 16.8 Å². The van der Waals surface area contributed by atoms with Crippen LogP contribution in [0.15, 0.2) is 30.3 Å². The third-order valence-corrected chi connectivity index (χ3v) is 5.35. The number of nitrogens with one attached hydrogen (secondary N) is 1. The van der Waals surface area contributed by atoms with Gasteiger partial charge in [0.2, 0.25) is 0 Å². The monoisotopic (exact) mass is 363 g/mol. The summed E-state index contributed by atoms with van der Waals surface area (Å²) in [5.41, 5.74) is 0.926. The largest absolute Gasteiger partial charge is 0.465 e. The highest BCUT2D eigenvalue weighted by atomic mass is 28.3. The molecule has 25 heavy (non-hydrogen) atoms. The van der Waals surface area contributed by atoms with E-state index in [2.05, 4.69) is 40.4 Å². The molecule has 1 amide bonds. The summed E-state index contributed by atoms with van der Waals surface area (Å²) in [5.74, 6) is 0.168. The van der Waals surface area contributed by atoms with Crippen molar-refractivity contribution >= 4 is 14.2 Å². The number of nitrogens with zero attached hydrogens (tertiary/aromatic N) is 4. The van der Waals surface area contributed by atoms with Crippen molar-refractivity contribution in [1.82, 2.24) is 25.5 Å². The molecule has 0 fully saturated rings. The Kier molecular flexibility index (Phi) is 6.65. The van der Waals surface area contributed by atoms with Crippen LogP contribution in [0, 0.1) is 0 Å². The SMILES string of the molecule is C[Si](C)(C)CCOCn1nnc(C(CNC(=O)O)c2ccccc2)n1. The average Bonchev–Trinajstić information content (AvgIpc) is 3.00. The Labute approximate surface area is 148 Å². The lowest BCUT2D eigenvalue weighted by molar-refractivity contribution is 0.0671. The lowest BCUT2D eigenvalue weighted by Gasteiger charge is -2.15. The molecule has 0 aliphatic rings. The Morgan fingerprint density at radius 1 is 1.32 bits per heavy atom. The fraction of sp³-hybridized carbons (Fsp3) is 0.500. The van der Waals surface area contributed by atoms with Crippen molar-refractivity contribution in [2.45, 2.75) is 38.3 Å². The highest BCUT2D eigenvalue weighted by Gasteiger charge is 2.20. The number of carboxylic acid groups (broad SMARTS) is 1. The molecule has 2 aromatic rings. The van der Waals surface area contributed by atoms with Crippen LogP contribution < -0.4 is 5.32 Å². The minimum Gasteiger partial charge on any atom is -0.465 e. The molecule has 0 aliphatic heterocycles. The van der Waals surface area contributed by atoms with Gasteiger partial charge in [0, 0.05) is 21.2 Å². The number of ether oxygens (including phenoxy) is 1. The highest BCUT2D eigenvalue weighted by molar-refractivity contribution is 6.76. The zero-order chi connectivity index (χ0) is 18.3. The number of rotatable bonds is 9. The second-order valence-corrected chi connectivity index (χ2v) is 12.6. The molecule has 0 bridgehead atoms. The van der Waals surface area contributed by atoms with Crippen molar-refractivity contribution < 1.29 is 14.6 Å². The summed E-state index contributed by atoms with van der Waals surface area (Å²) in [6, 6.07) is 10.6. The summed E-state index contributed by atoms with van der Waals surface area (Å²) in [6.07, 6.45) is -1.08. The van der Waals surface area contributed by atoms with Crippen molar-refractivity contribution in [3.8, 4) is 0 Å². The zero-order valence-electron chi connectivity index (χ0n) is 14.8. The summed E-state index contributed by atoms with van der Waals surface area (Å²) in [7, 11) is -1.13. The molecule has 1 atom stereocenters. The van der Waals surface area contributed by atoms with Gasteiger partial charge in [0.1, 0.15) is 0 Å². The first-order valence-electron chi connectivity index (χ1n) is 8.22. The second kappa shape index (κ2) is 8.72. The maximum Gasteiger partial charge on any atom is 0.404 e. The van der Waals surface area contributed by atoms with E-state index in [1.165, 1.54) is 4.80 Å². The first-order valence-corrected chi connectivity index (χ1v) is 11.9.